The van der Waals surface area contributed by atoms with Crippen LogP contribution in [0.5, 0.6) is 0 Å². The van der Waals surface area contributed by atoms with Crippen molar-refractivity contribution in [3.8, 4) is 0 Å². The second-order valence-corrected chi connectivity index (χ2v) is 5.84. The highest BCUT2D eigenvalue weighted by Gasteiger charge is 2.46. The average Bonchev–Trinajstić information content (AvgIpc) is 2.35. The number of benzene rings is 1. The SMILES string of the molecule is CC(C)[C@@H](NC(=O)C1(c2ccccc2)CCC1)C(=O)O. The average molecular weight is 275 g/mol. The number of carbonyl (C=O) groups excluding carboxylic acids is 1. The standard InChI is InChI=1S/C16H21NO3/c1-11(2)13(14(18)19)17-15(20)16(9-6-10-16)12-7-4-3-5-8-12/h3-5,7-8,11,13H,6,9-10H2,1-2H3,(H,17,20)(H,18,19)/t13-/m1/s1. The van der Waals surface area contributed by atoms with E-state index in [4.69, 9.17) is 0 Å². The molecule has 1 fully saturated rings. The van der Waals surface area contributed by atoms with Crippen molar-refractivity contribution in [1.29, 1.82) is 0 Å². The van der Waals surface area contributed by atoms with Gasteiger partial charge in [0.05, 0.1) is 5.41 Å². The minimum absolute atomic E-state index is 0.135. The van der Waals surface area contributed by atoms with E-state index in [1.165, 1.54) is 0 Å². The van der Waals surface area contributed by atoms with Crippen molar-refractivity contribution in [2.75, 3.05) is 0 Å². The minimum atomic E-state index is -0.976. The summed E-state index contributed by atoms with van der Waals surface area (Å²) in [5.74, 6) is -1.27. The van der Waals surface area contributed by atoms with Crippen molar-refractivity contribution in [2.45, 2.75) is 44.6 Å². The van der Waals surface area contributed by atoms with Crippen molar-refractivity contribution in [3.05, 3.63) is 35.9 Å². The fourth-order valence-corrected chi connectivity index (χ4v) is 2.73. The van der Waals surface area contributed by atoms with Gasteiger partial charge in [-0.15, -0.1) is 0 Å². The molecule has 1 aromatic rings. The topological polar surface area (TPSA) is 66.4 Å². The molecule has 0 unspecified atom stereocenters. The molecule has 108 valence electrons. The molecule has 1 aliphatic rings. The maximum absolute atomic E-state index is 12.6. The normalized spacial score (nSPS) is 18.1. The van der Waals surface area contributed by atoms with E-state index in [2.05, 4.69) is 5.32 Å². The van der Waals surface area contributed by atoms with Crippen LogP contribution in [0.15, 0.2) is 30.3 Å². The molecule has 1 aromatic carbocycles. The molecule has 1 aliphatic carbocycles. The molecule has 2 rings (SSSR count). The third-order valence-electron chi connectivity index (χ3n) is 4.19. The van der Waals surface area contributed by atoms with Gasteiger partial charge in [0.2, 0.25) is 5.91 Å². The number of rotatable bonds is 5. The van der Waals surface area contributed by atoms with E-state index in [0.29, 0.717) is 0 Å². The lowest BCUT2D eigenvalue weighted by molar-refractivity contribution is -0.144. The van der Waals surface area contributed by atoms with Crippen LogP contribution in [0.3, 0.4) is 0 Å². The number of nitrogens with one attached hydrogen (secondary N) is 1. The molecule has 20 heavy (non-hydrogen) atoms. The molecule has 0 aromatic heterocycles. The Labute approximate surface area is 119 Å². The predicted octanol–water partition coefficient (Wildman–Crippen LogP) is 2.33. The molecule has 0 saturated heterocycles. The summed E-state index contributed by atoms with van der Waals surface area (Å²) >= 11 is 0. The van der Waals surface area contributed by atoms with E-state index in [1.807, 2.05) is 30.3 Å². The van der Waals surface area contributed by atoms with Gasteiger partial charge in [0, 0.05) is 0 Å². The first kappa shape index (κ1) is 14.6. The molecule has 4 heteroatoms. The first-order valence-corrected chi connectivity index (χ1v) is 7.07. The van der Waals surface area contributed by atoms with Gasteiger partial charge in [-0.1, -0.05) is 50.6 Å². The zero-order valence-electron chi connectivity index (χ0n) is 11.9. The van der Waals surface area contributed by atoms with Crippen LogP contribution in [0.2, 0.25) is 0 Å². The smallest absolute Gasteiger partial charge is 0.326 e. The van der Waals surface area contributed by atoms with Crippen molar-refractivity contribution in [1.82, 2.24) is 5.32 Å². The van der Waals surface area contributed by atoms with Crippen molar-refractivity contribution < 1.29 is 14.7 Å². The maximum atomic E-state index is 12.6. The van der Waals surface area contributed by atoms with E-state index < -0.39 is 17.4 Å². The summed E-state index contributed by atoms with van der Waals surface area (Å²) in [6.45, 7) is 3.60. The zero-order chi connectivity index (χ0) is 14.8. The number of carboxylic acid groups (broad SMARTS) is 1. The number of carbonyl (C=O) groups is 2. The molecule has 1 saturated carbocycles. The summed E-state index contributed by atoms with van der Waals surface area (Å²) in [4.78, 5) is 23.8. The van der Waals surface area contributed by atoms with Crippen LogP contribution in [0.1, 0.15) is 38.7 Å². The van der Waals surface area contributed by atoms with Crippen molar-refractivity contribution in [3.63, 3.8) is 0 Å². The van der Waals surface area contributed by atoms with Gasteiger partial charge in [-0.05, 0) is 24.3 Å². The molecular formula is C16H21NO3. The highest BCUT2D eigenvalue weighted by Crippen LogP contribution is 2.44. The summed E-state index contributed by atoms with van der Waals surface area (Å²) < 4.78 is 0. The maximum Gasteiger partial charge on any atom is 0.326 e. The molecule has 2 N–H and O–H groups in total. The summed E-state index contributed by atoms with van der Waals surface area (Å²) in [5, 5.41) is 11.9. The first-order chi connectivity index (χ1) is 9.47. The van der Waals surface area contributed by atoms with Crippen LogP contribution in [-0.2, 0) is 15.0 Å². The van der Waals surface area contributed by atoms with E-state index >= 15 is 0 Å². The first-order valence-electron chi connectivity index (χ1n) is 7.07. The number of hydrogen-bond donors (Lipinski definition) is 2. The summed E-state index contributed by atoms with van der Waals surface area (Å²) in [6, 6.07) is 8.82. The second kappa shape index (κ2) is 5.65. The molecule has 1 amide bonds. The fourth-order valence-electron chi connectivity index (χ4n) is 2.73. The van der Waals surface area contributed by atoms with Gasteiger partial charge in [-0.25, -0.2) is 4.79 Å². The van der Waals surface area contributed by atoms with Crippen LogP contribution in [0, 0.1) is 5.92 Å². The van der Waals surface area contributed by atoms with E-state index in [9.17, 15) is 14.7 Å². The molecule has 0 aliphatic heterocycles. The molecule has 0 bridgehead atoms. The van der Waals surface area contributed by atoms with Crippen molar-refractivity contribution in [2.24, 2.45) is 5.92 Å². The van der Waals surface area contributed by atoms with Gasteiger partial charge in [0.25, 0.3) is 0 Å². The summed E-state index contributed by atoms with van der Waals surface area (Å²) in [5.41, 5.74) is 0.445. The second-order valence-electron chi connectivity index (χ2n) is 5.84. The molecule has 0 heterocycles. The van der Waals surface area contributed by atoms with Gasteiger partial charge in [-0.2, -0.15) is 0 Å². The van der Waals surface area contributed by atoms with Crippen LogP contribution >= 0.6 is 0 Å². The summed E-state index contributed by atoms with van der Waals surface area (Å²) in [7, 11) is 0. The third-order valence-corrected chi connectivity index (χ3v) is 4.19. The molecule has 4 nitrogen and oxygen atoms in total. The highest BCUT2D eigenvalue weighted by molar-refractivity contribution is 5.92. The van der Waals surface area contributed by atoms with Gasteiger partial charge in [-0.3, -0.25) is 4.79 Å². The number of carboxylic acids is 1. The lowest BCUT2D eigenvalue weighted by Crippen LogP contribution is -2.55. The highest BCUT2D eigenvalue weighted by atomic mass is 16.4. The van der Waals surface area contributed by atoms with E-state index in [1.54, 1.807) is 13.8 Å². The van der Waals surface area contributed by atoms with Crippen LogP contribution < -0.4 is 5.32 Å². The Morgan fingerprint density at radius 1 is 1.20 bits per heavy atom. The number of hydrogen-bond acceptors (Lipinski definition) is 2. The van der Waals surface area contributed by atoms with Gasteiger partial charge >= 0.3 is 5.97 Å². The molecule has 0 radical (unpaired) electrons. The third kappa shape index (κ3) is 2.55. The van der Waals surface area contributed by atoms with E-state index in [-0.39, 0.29) is 11.8 Å². The van der Waals surface area contributed by atoms with E-state index in [0.717, 1.165) is 24.8 Å². The Bertz CT molecular complexity index is 492. The number of aliphatic carboxylic acids is 1. The Morgan fingerprint density at radius 2 is 1.80 bits per heavy atom. The van der Waals surface area contributed by atoms with Crippen LogP contribution in [0.25, 0.3) is 0 Å². The van der Waals surface area contributed by atoms with Crippen LogP contribution in [-0.4, -0.2) is 23.0 Å². The predicted molar refractivity (Wildman–Crippen MR) is 76.4 cm³/mol. The molecule has 1 atom stereocenters. The monoisotopic (exact) mass is 275 g/mol. The Morgan fingerprint density at radius 3 is 2.20 bits per heavy atom. The zero-order valence-corrected chi connectivity index (χ0v) is 11.9. The lowest BCUT2D eigenvalue weighted by Gasteiger charge is -2.41. The Hall–Kier alpha value is -1.84. The van der Waals surface area contributed by atoms with Gasteiger partial charge in [0.15, 0.2) is 0 Å². The van der Waals surface area contributed by atoms with Crippen LogP contribution in [0.4, 0.5) is 0 Å². The Kier molecular flexibility index (Phi) is 4.12. The van der Waals surface area contributed by atoms with Gasteiger partial charge < -0.3 is 10.4 Å². The van der Waals surface area contributed by atoms with Gasteiger partial charge in [0.1, 0.15) is 6.04 Å². The minimum Gasteiger partial charge on any atom is -0.480 e. The Balaban J connectivity index is 2.20. The van der Waals surface area contributed by atoms with Crippen molar-refractivity contribution >= 4 is 11.9 Å². The molecule has 0 spiro atoms. The quantitative estimate of drug-likeness (QED) is 0.866. The molecular weight excluding hydrogens is 254 g/mol. The fraction of sp³-hybridized carbons (Fsp3) is 0.500. The number of amides is 1. The largest absolute Gasteiger partial charge is 0.480 e. The summed E-state index contributed by atoms with van der Waals surface area (Å²) in [6.07, 6.45) is 2.57. The lowest BCUT2D eigenvalue weighted by atomic mass is 9.63.